The first-order valence-electron chi connectivity index (χ1n) is 11.9. The maximum atomic E-state index is 13.3. The van der Waals surface area contributed by atoms with Gasteiger partial charge in [0, 0.05) is 24.7 Å². The zero-order valence-electron chi connectivity index (χ0n) is 19.8. The molecule has 0 aromatic carbocycles. The molecule has 0 bridgehead atoms. The minimum atomic E-state index is -1.89. The van der Waals surface area contributed by atoms with Crippen LogP contribution in [0.3, 0.4) is 0 Å². The van der Waals surface area contributed by atoms with E-state index in [0.717, 1.165) is 12.8 Å². The van der Waals surface area contributed by atoms with Crippen LogP contribution in [0.25, 0.3) is 0 Å². The van der Waals surface area contributed by atoms with E-state index in [-0.39, 0.29) is 84.2 Å². The third kappa shape index (κ3) is 3.94. The molecule has 0 saturated heterocycles. The summed E-state index contributed by atoms with van der Waals surface area (Å²) >= 11 is 0. The van der Waals surface area contributed by atoms with Crippen molar-refractivity contribution in [1.29, 1.82) is 0 Å². The molecule has 4 aliphatic carbocycles. The number of hydrogen-bond donors (Lipinski definition) is 4. The van der Waals surface area contributed by atoms with E-state index in [4.69, 9.17) is 0 Å². The Balaban J connectivity index is 0.00000289. The number of ketones is 1. The molecule has 0 heterocycles. The van der Waals surface area contributed by atoms with Crippen LogP contribution in [-0.4, -0.2) is 50.2 Å². The van der Waals surface area contributed by atoms with Crippen molar-refractivity contribution in [3.63, 3.8) is 0 Å². The van der Waals surface area contributed by atoms with Crippen molar-refractivity contribution < 1.29 is 64.7 Å². The zero-order chi connectivity index (χ0) is 22.9. The van der Waals surface area contributed by atoms with Crippen LogP contribution in [0.15, 0.2) is 0 Å². The second-order valence-electron chi connectivity index (χ2n) is 11.6. The predicted molar refractivity (Wildman–Crippen MR) is 109 cm³/mol. The van der Waals surface area contributed by atoms with Crippen molar-refractivity contribution in [3.05, 3.63) is 0 Å². The molecule has 4 aliphatic rings. The van der Waals surface area contributed by atoms with Crippen LogP contribution in [0.1, 0.15) is 72.1 Å². The van der Waals surface area contributed by atoms with E-state index < -0.39 is 40.7 Å². The van der Waals surface area contributed by atoms with E-state index in [1.807, 2.05) is 13.8 Å². The smallest absolute Gasteiger partial charge is 0.550 e. The molecule has 0 spiro atoms. The van der Waals surface area contributed by atoms with Gasteiger partial charge in [-0.2, -0.15) is 0 Å². The van der Waals surface area contributed by atoms with Gasteiger partial charge >= 0.3 is 29.6 Å². The number of carboxylic acids is 1. The second kappa shape index (κ2) is 8.89. The Hall–Kier alpha value is -0.0200. The Labute approximate surface area is 212 Å². The SMILES string of the molecule is C[C@H](CCC(=O)[O-])[C@H]1CC[C@H]2[C@@H]3[C@H](O)C(=O)[C@@H]4CC(O)(O)CC[C@]4(C)[C@H]3C[C@H](O)[C@]12C.[Na+]. The van der Waals surface area contributed by atoms with E-state index >= 15 is 0 Å². The fourth-order valence-electron chi connectivity index (χ4n) is 8.45. The van der Waals surface area contributed by atoms with Gasteiger partial charge < -0.3 is 30.3 Å². The molecule has 10 atom stereocenters. The number of Topliss-reactive ketones (excluding diaryl/α,β-unsaturated/α-hetero) is 1. The molecular weight excluding hydrogens is 423 g/mol. The van der Waals surface area contributed by atoms with Gasteiger partial charge in [-0.3, -0.25) is 4.79 Å². The largest absolute Gasteiger partial charge is 1.00 e. The monoisotopic (exact) mass is 460 g/mol. The molecule has 4 fully saturated rings. The van der Waals surface area contributed by atoms with Gasteiger partial charge in [0.1, 0.15) is 6.10 Å². The topological polar surface area (TPSA) is 138 Å². The number of carboxylic acid groups (broad SMARTS) is 1. The summed E-state index contributed by atoms with van der Waals surface area (Å²) in [4.78, 5) is 24.2. The van der Waals surface area contributed by atoms with E-state index in [1.54, 1.807) is 0 Å². The van der Waals surface area contributed by atoms with Gasteiger partial charge in [0.05, 0.1) is 6.10 Å². The number of aliphatic hydroxyl groups excluding tert-OH is 2. The van der Waals surface area contributed by atoms with E-state index in [1.165, 1.54) is 0 Å². The molecule has 0 aromatic heterocycles. The fraction of sp³-hybridized carbons (Fsp3) is 0.917. The van der Waals surface area contributed by atoms with E-state index in [0.29, 0.717) is 19.3 Å². The van der Waals surface area contributed by atoms with Crippen molar-refractivity contribution in [1.82, 2.24) is 0 Å². The Kier molecular flexibility index (Phi) is 7.38. The summed E-state index contributed by atoms with van der Waals surface area (Å²) < 4.78 is 0. The standard InChI is InChI=1S/C24H38O7.Na/c1-12(4-7-18(26)27)13-5-6-14-19-15(10-17(25)23(13,14)3)22(2)8-9-24(30,31)11-16(22)20(28)21(19)29;/h12-17,19,21,25,29-31H,4-11H2,1-3H3,(H,26,27);/q;+1/p-1/t12-,13-,14+,15+,16+,17+,19+,21+,22-,23-;/m1./s1. The molecule has 0 unspecified atom stereocenters. The number of aliphatic hydroxyl groups is 4. The van der Waals surface area contributed by atoms with Gasteiger partial charge in [-0.05, 0) is 78.9 Å². The first-order chi connectivity index (χ1) is 14.3. The number of carbonyl (C=O) groups excluding carboxylic acids is 2. The molecule has 8 heteroatoms. The van der Waals surface area contributed by atoms with E-state index in [2.05, 4.69) is 6.92 Å². The maximum absolute atomic E-state index is 13.3. The molecule has 0 radical (unpaired) electrons. The summed E-state index contributed by atoms with van der Waals surface area (Å²) in [6.45, 7) is 6.12. The van der Waals surface area contributed by atoms with Crippen LogP contribution >= 0.6 is 0 Å². The first kappa shape index (κ1) is 26.6. The molecular formula is C24H37NaO7. The minimum Gasteiger partial charge on any atom is -0.550 e. The predicted octanol–water partition coefficient (Wildman–Crippen LogP) is -2.38. The Morgan fingerprint density at radius 3 is 2.44 bits per heavy atom. The van der Waals surface area contributed by atoms with Gasteiger partial charge in [0.2, 0.25) is 0 Å². The summed E-state index contributed by atoms with van der Waals surface area (Å²) in [6, 6.07) is 0. The summed E-state index contributed by atoms with van der Waals surface area (Å²) in [6.07, 6.45) is 1.43. The molecule has 0 amide bonds. The first-order valence-corrected chi connectivity index (χ1v) is 11.9. The Morgan fingerprint density at radius 2 is 1.81 bits per heavy atom. The van der Waals surface area contributed by atoms with Gasteiger partial charge in [-0.25, -0.2) is 0 Å². The van der Waals surface area contributed by atoms with Crippen molar-refractivity contribution in [2.75, 3.05) is 0 Å². The quantitative estimate of drug-likeness (QED) is 0.271. The molecule has 0 aliphatic heterocycles. The Bertz CT molecular complexity index is 757. The summed E-state index contributed by atoms with van der Waals surface area (Å²) in [5.74, 6) is -4.00. The summed E-state index contributed by atoms with van der Waals surface area (Å²) in [5.41, 5.74) is -0.958. The van der Waals surface area contributed by atoms with E-state index in [9.17, 15) is 35.1 Å². The zero-order valence-corrected chi connectivity index (χ0v) is 21.8. The van der Waals surface area contributed by atoms with Crippen molar-refractivity contribution in [2.24, 2.45) is 46.3 Å². The van der Waals surface area contributed by atoms with Gasteiger partial charge in [-0.15, -0.1) is 0 Å². The Morgan fingerprint density at radius 1 is 1.16 bits per heavy atom. The number of carbonyl (C=O) groups is 2. The summed E-state index contributed by atoms with van der Waals surface area (Å²) in [7, 11) is 0. The maximum Gasteiger partial charge on any atom is 1.00 e. The summed E-state index contributed by atoms with van der Waals surface area (Å²) in [5, 5.41) is 53.9. The molecule has 4 saturated carbocycles. The van der Waals surface area contributed by atoms with Crippen LogP contribution in [-0.2, 0) is 9.59 Å². The number of hydrogen-bond acceptors (Lipinski definition) is 7. The average molecular weight is 461 g/mol. The number of rotatable bonds is 4. The van der Waals surface area contributed by atoms with Crippen LogP contribution in [0.5, 0.6) is 0 Å². The fourth-order valence-corrected chi connectivity index (χ4v) is 8.45. The third-order valence-corrected chi connectivity index (χ3v) is 10.2. The van der Waals surface area contributed by atoms with Crippen LogP contribution in [0.2, 0.25) is 0 Å². The minimum absolute atomic E-state index is 0. The second-order valence-corrected chi connectivity index (χ2v) is 11.6. The molecule has 4 rings (SSSR count). The van der Waals surface area contributed by atoms with Crippen molar-refractivity contribution >= 4 is 11.8 Å². The number of aliphatic carboxylic acids is 1. The number of fused-ring (bicyclic) bond motifs is 5. The molecule has 0 aromatic rings. The van der Waals surface area contributed by atoms with Crippen LogP contribution < -0.4 is 34.7 Å². The third-order valence-electron chi connectivity index (χ3n) is 10.2. The molecule has 7 nitrogen and oxygen atoms in total. The molecule has 176 valence electrons. The van der Waals surface area contributed by atoms with Crippen LogP contribution in [0, 0.1) is 46.3 Å². The van der Waals surface area contributed by atoms with Gasteiger partial charge in [0.25, 0.3) is 0 Å². The normalized spacial score (nSPS) is 48.1. The molecule has 32 heavy (non-hydrogen) atoms. The van der Waals surface area contributed by atoms with Crippen molar-refractivity contribution in [3.8, 4) is 0 Å². The van der Waals surface area contributed by atoms with Gasteiger partial charge in [0.15, 0.2) is 11.6 Å². The van der Waals surface area contributed by atoms with Crippen LogP contribution in [0.4, 0.5) is 0 Å². The van der Waals surface area contributed by atoms with Gasteiger partial charge in [-0.1, -0.05) is 20.8 Å². The average Bonchev–Trinajstić information content (AvgIpc) is 3.05. The molecule has 4 N–H and O–H groups in total. The van der Waals surface area contributed by atoms with Crippen molar-refractivity contribution in [2.45, 2.75) is 90.1 Å².